The second kappa shape index (κ2) is 12.2. The van der Waals surface area contributed by atoms with Gasteiger partial charge in [-0.2, -0.15) is 26.3 Å². The molecule has 3 aromatic carbocycles. The Hall–Kier alpha value is -3.49. The average molecular weight is 617 g/mol. The number of hydrogen-bond donors (Lipinski definition) is 1. The largest absolute Gasteiger partial charge is 0.418 e. The Bertz CT molecular complexity index is 1540. The van der Waals surface area contributed by atoms with Crippen LogP contribution in [0, 0.1) is 0 Å². The molecular formula is C27H22F6N2O4S2. The van der Waals surface area contributed by atoms with Crippen molar-refractivity contribution in [3.8, 4) is 0 Å². The topological polar surface area (TPSA) is 75.7 Å². The quantitative estimate of drug-likeness (QED) is 0.241. The summed E-state index contributed by atoms with van der Waals surface area (Å²) in [5, 5.41) is 0. The fraction of sp³-hybridized carbons (Fsp3) is 0.222. The van der Waals surface area contributed by atoms with Crippen LogP contribution in [0.15, 0.2) is 87.5 Å². The van der Waals surface area contributed by atoms with E-state index < -0.39 is 49.9 Å². The monoisotopic (exact) mass is 616 g/mol. The maximum Gasteiger partial charge on any atom is 0.418 e. The standard InChI is InChI=1S/C27H22F6N2O4S2/c28-26(29,30)24-18(10-12-23(36)35-13-15-39-16-14-35)9-11-22(25(24)27(31,32)33)40-20-6-4-5-19(17-20)34-41(37,38)21-7-2-1-3-8-21/h1-12,17,34H,13-16H2/b12-10+. The summed E-state index contributed by atoms with van der Waals surface area (Å²) >= 11 is 0.395. The van der Waals surface area contributed by atoms with Crippen molar-refractivity contribution in [3.63, 3.8) is 0 Å². The summed E-state index contributed by atoms with van der Waals surface area (Å²) in [5.41, 5.74) is -4.65. The van der Waals surface area contributed by atoms with E-state index in [0.29, 0.717) is 11.8 Å². The van der Waals surface area contributed by atoms with Crippen molar-refractivity contribution >= 4 is 39.5 Å². The first-order valence-corrected chi connectivity index (χ1v) is 14.3. The van der Waals surface area contributed by atoms with E-state index in [0.717, 1.165) is 24.3 Å². The van der Waals surface area contributed by atoms with Crippen LogP contribution in [-0.4, -0.2) is 45.5 Å². The maximum absolute atomic E-state index is 14.2. The number of nitrogens with zero attached hydrogens (tertiary/aromatic N) is 1. The number of ether oxygens (including phenoxy) is 1. The van der Waals surface area contributed by atoms with Crippen LogP contribution in [0.4, 0.5) is 32.0 Å². The number of hydrogen-bond acceptors (Lipinski definition) is 5. The van der Waals surface area contributed by atoms with Gasteiger partial charge in [-0.05, 0) is 48.0 Å². The van der Waals surface area contributed by atoms with Crippen molar-refractivity contribution in [1.29, 1.82) is 0 Å². The Kier molecular flexibility index (Phi) is 9.04. The molecule has 1 amide bonds. The fourth-order valence-electron chi connectivity index (χ4n) is 4.02. The number of halogens is 6. The zero-order valence-corrected chi connectivity index (χ0v) is 22.6. The van der Waals surface area contributed by atoms with Gasteiger partial charge in [0.1, 0.15) is 0 Å². The molecule has 41 heavy (non-hydrogen) atoms. The molecule has 0 aliphatic carbocycles. The minimum Gasteiger partial charge on any atom is -0.378 e. The first kappa shape index (κ1) is 30.5. The lowest BCUT2D eigenvalue weighted by Gasteiger charge is -2.25. The Morgan fingerprint density at radius 2 is 1.54 bits per heavy atom. The van der Waals surface area contributed by atoms with E-state index in [1.165, 1.54) is 53.4 Å². The van der Waals surface area contributed by atoms with Crippen molar-refractivity contribution in [2.24, 2.45) is 0 Å². The van der Waals surface area contributed by atoms with Crippen molar-refractivity contribution in [3.05, 3.63) is 89.5 Å². The summed E-state index contributed by atoms with van der Waals surface area (Å²) in [6, 6.07) is 14.4. The second-order valence-electron chi connectivity index (χ2n) is 8.72. The molecule has 0 radical (unpaired) electrons. The molecule has 6 nitrogen and oxygen atoms in total. The first-order chi connectivity index (χ1) is 19.3. The van der Waals surface area contributed by atoms with Crippen LogP contribution in [0.1, 0.15) is 16.7 Å². The summed E-state index contributed by atoms with van der Waals surface area (Å²) in [5.74, 6) is -0.650. The minimum absolute atomic E-state index is 0.00429. The Labute approximate surface area is 236 Å². The van der Waals surface area contributed by atoms with Crippen LogP contribution in [0.2, 0.25) is 0 Å². The number of carbonyl (C=O) groups is 1. The summed E-state index contributed by atoms with van der Waals surface area (Å²) in [6.07, 6.45) is -9.28. The van der Waals surface area contributed by atoms with Crippen molar-refractivity contribution in [2.75, 3.05) is 31.0 Å². The molecule has 0 aromatic heterocycles. The van der Waals surface area contributed by atoms with Gasteiger partial charge in [0.25, 0.3) is 10.0 Å². The third-order valence-electron chi connectivity index (χ3n) is 5.86. The molecular weight excluding hydrogens is 594 g/mol. The van der Waals surface area contributed by atoms with Gasteiger partial charge in [0.15, 0.2) is 0 Å². The Balaban J connectivity index is 1.69. The lowest BCUT2D eigenvalue weighted by Crippen LogP contribution is -2.39. The van der Waals surface area contributed by atoms with E-state index in [1.54, 1.807) is 6.07 Å². The van der Waals surface area contributed by atoms with E-state index in [9.17, 15) is 39.6 Å². The average Bonchev–Trinajstić information content (AvgIpc) is 2.91. The summed E-state index contributed by atoms with van der Waals surface area (Å²) in [7, 11) is -4.02. The molecule has 0 atom stereocenters. The number of rotatable bonds is 7. The van der Waals surface area contributed by atoms with Crippen LogP contribution in [-0.2, 0) is 31.9 Å². The smallest absolute Gasteiger partial charge is 0.378 e. The maximum atomic E-state index is 14.2. The molecule has 1 saturated heterocycles. The highest BCUT2D eigenvalue weighted by atomic mass is 32.2. The number of anilines is 1. The lowest BCUT2D eigenvalue weighted by atomic mass is 9.99. The van der Waals surface area contributed by atoms with Crippen LogP contribution in [0.3, 0.4) is 0 Å². The van der Waals surface area contributed by atoms with Gasteiger partial charge in [-0.3, -0.25) is 9.52 Å². The van der Waals surface area contributed by atoms with E-state index in [1.807, 2.05) is 0 Å². The van der Waals surface area contributed by atoms with Gasteiger partial charge in [-0.15, -0.1) is 0 Å². The highest BCUT2D eigenvalue weighted by Crippen LogP contribution is 2.48. The predicted octanol–water partition coefficient (Wildman–Crippen LogP) is 6.55. The lowest BCUT2D eigenvalue weighted by molar-refractivity contribution is -0.163. The molecule has 3 aromatic rings. The minimum atomic E-state index is -5.41. The Morgan fingerprint density at radius 1 is 0.878 bits per heavy atom. The molecule has 0 bridgehead atoms. The van der Waals surface area contributed by atoms with E-state index in [4.69, 9.17) is 4.74 Å². The Morgan fingerprint density at radius 3 is 2.17 bits per heavy atom. The fourth-order valence-corrected chi connectivity index (χ4v) is 6.14. The normalized spacial score (nSPS) is 14.8. The van der Waals surface area contributed by atoms with Crippen molar-refractivity contribution in [2.45, 2.75) is 27.0 Å². The third-order valence-corrected chi connectivity index (χ3v) is 8.31. The molecule has 1 fully saturated rings. The number of sulfonamides is 1. The van der Waals surface area contributed by atoms with Gasteiger partial charge >= 0.3 is 12.4 Å². The van der Waals surface area contributed by atoms with Gasteiger partial charge in [-0.25, -0.2) is 8.42 Å². The molecule has 0 unspecified atom stereocenters. The van der Waals surface area contributed by atoms with E-state index in [-0.39, 0.29) is 41.8 Å². The van der Waals surface area contributed by atoms with Gasteiger partial charge < -0.3 is 9.64 Å². The highest BCUT2D eigenvalue weighted by Gasteiger charge is 2.46. The van der Waals surface area contributed by atoms with Crippen molar-refractivity contribution < 1.29 is 44.3 Å². The number of carbonyl (C=O) groups excluding carboxylic acids is 1. The number of amides is 1. The summed E-state index contributed by atoms with van der Waals surface area (Å²) in [6.45, 7) is 0.900. The van der Waals surface area contributed by atoms with E-state index >= 15 is 0 Å². The SMILES string of the molecule is O=C(/C=C/c1ccc(Sc2cccc(NS(=O)(=O)c3ccccc3)c2)c(C(F)(F)F)c1C(F)(F)F)N1CCOCC1. The molecule has 0 spiro atoms. The molecule has 4 rings (SSSR count). The molecule has 1 aliphatic heterocycles. The van der Waals surface area contributed by atoms with Gasteiger partial charge in [-0.1, -0.05) is 42.1 Å². The third kappa shape index (κ3) is 7.63. The molecule has 1 aliphatic rings. The zero-order chi connectivity index (χ0) is 29.8. The van der Waals surface area contributed by atoms with Crippen LogP contribution in [0.5, 0.6) is 0 Å². The molecule has 1 N–H and O–H groups in total. The van der Waals surface area contributed by atoms with Gasteiger partial charge in [0.05, 0.1) is 29.2 Å². The number of nitrogens with one attached hydrogen (secondary N) is 1. The molecule has 14 heteroatoms. The van der Waals surface area contributed by atoms with Gasteiger partial charge in [0, 0.05) is 34.6 Å². The number of benzene rings is 3. The van der Waals surface area contributed by atoms with Crippen molar-refractivity contribution in [1.82, 2.24) is 4.90 Å². The predicted molar refractivity (Wildman–Crippen MR) is 141 cm³/mol. The first-order valence-electron chi connectivity index (χ1n) is 12.0. The molecule has 0 saturated carbocycles. The van der Waals surface area contributed by atoms with E-state index in [2.05, 4.69) is 4.72 Å². The molecule has 1 heterocycles. The zero-order valence-electron chi connectivity index (χ0n) is 21.0. The van der Waals surface area contributed by atoms with Crippen LogP contribution < -0.4 is 4.72 Å². The van der Waals surface area contributed by atoms with Gasteiger partial charge in [0.2, 0.25) is 5.91 Å². The number of morpholine rings is 1. The summed E-state index contributed by atoms with van der Waals surface area (Å²) in [4.78, 5) is 13.0. The molecule has 218 valence electrons. The number of alkyl halides is 6. The second-order valence-corrected chi connectivity index (χ2v) is 11.5. The van der Waals surface area contributed by atoms with Crippen LogP contribution >= 0.6 is 11.8 Å². The van der Waals surface area contributed by atoms with Crippen LogP contribution in [0.25, 0.3) is 6.08 Å². The summed E-state index contributed by atoms with van der Waals surface area (Å²) < 4.78 is 118. The highest BCUT2D eigenvalue weighted by molar-refractivity contribution is 7.99.